The van der Waals surface area contributed by atoms with Crippen molar-refractivity contribution in [2.24, 2.45) is 0 Å². The normalized spacial score (nSPS) is 9.62. The molecule has 0 aliphatic carbocycles. The molecule has 0 radical (unpaired) electrons. The number of rotatable bonds is 5. The molecule has 3 N–H and O–H groups in total. The lowest BCUT2D eigenvalue weighted by atomic mass is 10.2. The molecule has 0 fully saturated rings. The number of hydrogen-bond donors (Lipinski definition) is 3. The maximum absolute atomic E-state index is 12.0. The molecule has 0 spiro atoms. The van der Waals surface area contributed by atoms with E-state index in [0.717, 1.165) is 6.42 Å². The summed E-state index contributed by atoms with van der Waals surface area (Å²) in [4.78, 5) is 23.2. The minimum Gasteiger partial charge on any atom is -0.494 e. The number of thiocarbonyl (C=S) groups is 1. The van der Waals surface area contributed by atoms with Crippen LogP contribution in [0.15, 0.2) is 24.3 Å². The summed E-state index contributed by atoms with van der Waals surface area (Å²) in [5.41, 5.74) is 5.30. The molecule has 1 aromatic rings. The van der Waals surface area contributed by atoms with Gasteiger partial charge in [0.2, 0.25) is 5.91 Å². The third kappa shape index (κ3) is 6.22. The topological polar surface area (TPSA) is 79.5 Å². The van der Waals surface area contributed by atoms with Crippen LogP contribution < -0.4 is 20.9 Å². The van der Waals surface area contributed by atoms with Gasteiger partial charge >= 0.3 is 0 Å². The lowest BCUT2D eigenvalue weighted by Crippen LogP contribution is -2.48. The molecule has 0 aliphatic heterocycles. The number of hydrogen-bond acceptors (Lipinski definition) is 4. The number of amides is 2. The van der Waals surface area contributed by atoms with Crippen LogP contribution in [0.4, 0.5) is 0 Å². The lowest BCUT2D eigenvalue weighted by molar-refractivity contribution is -0.121. The Morgan fingerprint density at radius 2 is 2.00 bits per heavy atom. The number of hydrazine groups is 1. The third-order valence-electron chi connectivity index (χ3n) is 2.43. The van der Waals surface area contributed by atoms with E-state index in [2.05, 4.69) is 16.2 Å². The number of carbonyl (C=O) groups excluding carboxylic acids is 2. The molecule has 0 heterocycles. The number of ether oxygens (including phenoxy) is 1. The summed E-state index contributed by atoms with van der Waals surface area (Å²) in [5, 5.41) is 2.51. The second-order valence-electron chi connectivity index (χ2n) is 4.17. The Bertz CT molecular complexity index is 520. The zero-order valence-corrected chi connectivity index (χ0v) is 12.9. The Kier molecular flexibility index (Phi) is 7.17. The molecule has 0 atom stereocenters. The average Bonchev–Trinajstić information content (AvgIpc) is 2.46. The Hall–Kier alpha value is -2.15. The molecule has 0 saturated carbocycles. The highest BCUT2D eigenvalue weighted by Crippen LogP contribution is 2.12. The average molecular weight is 309 g/mol. The molecule has 1 rings (SSSR count). The molecule has 0 bridgehead atoms. The van der Waals surface area contributed by atoms with Crippen LogP contribution in [0.2, 0.25) is 0 Å². The highest BCUT2D eigenvalue weighted by molar-refractivity contribution is 7.80. The van der Waals surface area contributed by atoms with E-state index in [4.69, 9.17) is 17.0 Å². The molecular weight excluding hydrogens is 290 g/mol. The lowest BCUT2D eigenvalue weighted by Gasteiger charge is -2.11. The molecule has 0 saturated heterocycles. The van der Waals surface area contributed by atoms with E-state index in [-0.39, 0.29) is 16.9 Å². The molecule has 21 heavy (non-hydrogen) atoms. The van der Waals surface area contributed by atoms with Crippen molar-refractivity contribution in [3.8, 4) is 5.75 Å². The van der Waals surface area contributed by atoms with Gasteiger partial charge in [0.25, 0.3) is 5.91 Å². The highest BCUT2D eigenvalue weighted by atomic mass is 32.1. The van der Waals surface area contributed by atoms with E-state index in [1.807, 2.05) is 13.8 Å². The van der Waals surface area contributed by atoms with Crippen LogP contribution in [0.5, 0.6) is 5.75 Å². The summed E-state index contributed by atoms with van der Waals surface area (Å²) < 4.78 is 5.32. The molecule has 0 aliphatic rings. The number of nitrogens with one attached hydrogen (secondary N) is 3. The monoisotopic (exact) mass is 309 g/mol. The molecule has 2 amide bonds. The van der Waals surface area contributed by atoms with Gasteiger partial charge in [-0.2, -0.15) is 0 Å². The first kappa shape index (κ1) is 16.9. The maximum Gasteiger partial charge on any atom is 0.257 e. The number of carbonyl (C=O) groups is 2. The van der Waals surface area contributed by atoms with Gasteiger partial charge < -0.3 is 4.74 Å². The predicted molar refractivity (Wildman–Crippen MR) is 83.9 cm³/mol. The van der Waals surface area contributed by atoms with Crippen LogP contribution in [0.3, 0.4) is 0 Å². The molecule has 0 unspecified atom stereocenters. The highest BCUT2D eigenvalue weighted by Gasteiger charge is 2.09. The SMILES string of the molecule is CCCC(=O)NNC(=S)NC(=O)c1cccc(OCC)c1. The van der Waals surface area contributed by atoms with Crippen LogP contribution in [-0.2, 0) is 4.79 Å². The Morgan fingerprint density at radius 1 is 1.24 bits per heavy atom. The zero-order valence-electron chi connectivity index (χ0n) is 12.1. The molecule has 7 heteroatoms. The molecule has 1 aromatic carbocycles. The summed E-state index contributed by atoms with van der Waals surface area (Å²) in [6.07, 6.45) is 1.12. The van der Waals surface area contributed by atoms with Crippen molar-refractivity contribution < 1.29 is 14.3 Å². The first-order valence-electron chi connectivity index (χ1n) is 6.69. The van der Waals surface area contributed by atoms with E-state index in [9.17, 15) is 9.59 Å². The van der Waals surface area contributed by atoms with Crippen molar-refractivity contribution >= 4 is 29.1 Å². The van der Waals surface area contributed by atoms with Crippen LogP contribution in [0.25, 0.3) is 0 Å². The van der Waals surface area contributed by atoms with Gasteiger partial charge in [0.15, 0.2) is 5.11 Å². The van der Waals surface area contributed by atoms with Gasteiger partial charge in [-0.25, -0.2) is 0 Å². The second kappa shape index (κ2) is 8.91. The number of benzene rings is 1. The largest absolute Gasteiger partial charge is 0.494 e. The quantitative estimate of drug-likeness (QED) is 0.568. The van der Waals surface area contributed by atoms with E-state index in [0.29, 0.717) is 24.3 Å². The van der Waals surface area contributed by atoms with Gasteiger partial charge in [-0.15, -0.1) is 0 Å². The van der Waals surface area contributed by atoms with Crippen molar-refractivity contribution in [2.45, 2.75) is 26.7 Å². The van der Waals surface area contributed by atoms with Crippen LogP contribution in [0.1, 0.15) is 37.0 Å². The second-order valence-corrected chi connectivity index (χ2v) is 4.58. The maximum atomic E-state index is 12.0. The predicted octanol–water partition coefficient (Wildman–Crippen LogP) is 1.52. The Balaban J connectivity index is 2.50. The fourth-order valence-electron chi connectivity index (χ4n) is 1.52. The minimum absolute atomic E-state index is 0.0336. The fourth-order valence-corrected chi connectivity index (χ4v) is 1.66. The van der Waals surface area contributed by atoms with E-state index >= 15 is 0 Å². The summed E-state index contributed by atoms with van der Waals surface area (Å²) >= 11 is 4.93. The summed E-state index contributed by atoms with van der Waals surface area (Å²) in [5.74, 6) is 0.0477. The van der Waals surface area contributed by atoms with Gasteiger partial charge in [-0.3, -0.25) is 25.8 Å². The van der Waals surface area contributed by atoms with Crippen molar-refractivity contribution in [3.05, 3.63) is 29.8 Å². The third-order valence-corrected chi connectivity index (χ3v) is 2.63. The van der Waals surface area contributed by atoms with E-state index in [1.165, 1.54) is 0 Å². The Labute approximate surface area is 129 Å². The van der Waals surface area contributed by atoms with Crippen molar-refractivity contribution in [1.82, 2.24) is 16.2 Å². The van der Waals surface area contributed by atoms with Crippen LogP contribution in [0, 0.1) is 0 Å². The standard InChI is InChI=1S/C14H19N3O3S/c1-3-6-12(18)16-17-14(21)15-13(19)10-7-5-8-11(9-10)20-4-2/h5,7-9H,3-4,6H2,1-2H3,(H,16,18)(H2,15,17,19,21). The zero-order chi connectivity index (χ0) is 15.7. The van der Waals surface area contributed by atoms with Crippen LogP contribution >= 0.6 is 12.2 Å². The Morgan fingerprint density at radius 3 is 2.67 bits per heavy atom. The van der Waals surface area contributed by atoms with E-state index < -0.39 is 0 Å². The minimum atomic E-state index is -0.376. The van der Waals surface area contributed by atoms with Crippen molar-refractivity contribution in [2.75, 3.05) is 6.61 Å². The van der Waals surface area contributed by atoms with Crippen molar-refractivity contribution in [1.29, 1.82) is 0 Å². The first-order valence-corrected chi connectivity index (χ1v) is 7.10. The summed E-state index contributed by atoms with van der Waals surface area (Å²) in [6.45, 7) is 4.28. The summed E-state index contributed by atoms with van der Waals surface area (Å²) in [6, 6.07) is 6.76. The van der Waals surface area contributed by atoms with Gasteiger partial charge in [-0.05, 0) is 43.8 Å². The molecular formula is C14H19N3O3S. The molecule has 114 valence electrons. The van der Waals surface area contributed by atoms with Gasteiger partial charge in [0, 0.05) is 12.0 Å². The fraction of sp³-hybridized carbons (Fsp3) is 0.357. The molecule has 0 aromatic heterocycles. The smallest absolute Gasteiger partial charge is 0.257 e. The van der Waals surface area contributed by atoms with E-state index in [1.54, 1.807) is 24.3 Å². The van der Waals surface area contributed by atoms with Crippen molar-refractivity contribution in [3.63, 3.8) is 0 Å². The first-order chi connectivity index (χ1) is 10.1. The van der Waals surface area contributed by atoms with Gasteiger partial charge in [0.05, 0.1) is 6.61 Å². The summed E-state index contributed by atoms with van der Waals surface area (Å²) in [7, 11) is 0. The van der Waals surface area contributed by atoms with Gasteiger partial charge in [-0.1, -0.05) is 13.0 Å². The molecule has 6 nitrogen and oxygen atoms in total. The van der Waals surface area contributed by atoms with Crippen LogP contribution in [-0.4, -0.2) is 23.5 Å². The van der Waals surface area contributed by atoms with Gasteiger partial charge in [0.1, 0.15) is 5.75 Å².